The van der Waals surface area contributed by atoms with Gasteiger partial charge >= 0.3 is 0 Å². The quantitative estimate of drug-likeness (QED) is 0.493. The molecule has 0 bridgehead atoms. The molecule has 1 fully saturated rings. The number of hydrogen-bond acceptors (Lipinski definition) is 5. The fourth-order valence-electron chi connectivity index (χ4n) is 3.64. The van der Waals surface area contributed by atoms with E-state index in [1.807, 2.05) is 13.8 Å². The number of hydrazine groups is 1. The molecule has 2 aromatic rings. The molecule has 9 nitrogen and oxygen atoms in total. The smallest absolute Gasteiger partial charge is 0.269 e. The lowest BCUT2D eigenvalue weighted by Gasteiger charge is -2.23. The maximum Gasteiger partial charge on any atom is 0.269 e. The summed E-state index contributed by atoms with van der Waals surface area (Å²) in [6.07, 6.45) is 2.31. The van der Waals surface area contributed by atoms with E-state index in [-0.39, 0.29) is 22.3 Å². The van der Waals surface area contributed by atoms with Gasteiger partial charge in [-0.2, -0.15) is 4.31 Å². The summed E-state index contributed by atoms with van der Waals surface area (Å²) in [6, 6.07) is 13.3. The standard InChI is InChI=1S/C24H30N4O5S/c1-3-17(2)21(25-22(29)18-9-5-4-6-10-18)24(31)27-26-23(30)19-11-13-20(14-12-19)34(32,33)28-15-7-8-16-28/h4-6,9-14,17,21H,3,7-8,15-16H2,1-2H3,(H,25,29)(H,26,30)(H,27,31)/t17-,21-/m0/s1. The summed E-state index contributed by atoms with van der Waals surface area (Å²) < 4.78 is 26.7. The number of nitrogens with zero attached hydrogens (tertiary/aromatic N) is 1. The maximum absolute atomic E-state index is 12.8. The molecule has 2 atom stereocenters. The van der Waals surface area contributed by atoms with Gasteiger partial charge < -0.3 is 5.32 Å². The van der Waals surface area contributed by atoms with E-state index in [0.717, 1.165) is 12.8 Å². The molecule has 0 aliphatic carbocycles. The topological polar surface area (TPSA) is 125 Å². The largest absolute Gasteiger partial charge is 0.340 e. The predicted octanol–water partition coefficient (Wildman–Crippen LogP) is 2.08. The van der Waals surface area contributed by atoms with Crippen LogP contribution in [-0.4, -0.2) is 49.6 Å². The Bertz CT molecular complexity index is 1110. The van der Waals surface area contributed by atoms with Crippen LogP contribution in [0.1, 0.15) is 53.8 Å². The minimum Gasteiger partial charge on any atom is -0.340 e. The summed E-state index contributed by atoms with van der Waals surface area (Å²) in [4.78, 5) is 37.9. The molecule has 0 radical (unpaired) electrons. The van der Waals surface area contributed by atoms with Gasteiger partial charge in [-0.15, -0.1) is 0 Å². The molecule has 182 valence electrons. The van der Waals surface area contributed by atoms with Gasteiger partial charge in [-0.05, 0) is 55.2 Å². The third-order valence-electron chi connectivity index (χ3n) is 5.94. The van der Waals surface area contributed by atoms with Gasteiger partial charge in [0.1, 0.15) is 6.04 Å². The van der Waals surface area contributed by atoms with E-state index in [2.05, 4.69) is 16.2 Å². The molecule has 10 heteroatoms. The van der Waals surface area contributed by atoms with Crippen LogP contribution in [-0.2, 0) is 14.8 Å². The minimum absolute atomic E-state index is 0.121. The second kappa shape index (κ2) is 11.3. The van der Waals surface area contributed by atoms with Crippen molar-refractivity contribution in [2.24, 2.45) is 5.92 Å². The number of carbonyl (C=O) groups excluding carboxylic acids is 3. The van der Waals surface area contributed by atoms with Gasteiger partial charge in [-0.3, -0.25) is 25.2 Å². The summed E-state index contributed by atoms with van der Waals surface area (Å²) in [6.45, 7) is 4.72. The van der Waals surface area contributed by atoms with Crippen molar-refractivity contribution in [3.8, 4) is 0 Å². The van der Waals surface area contributed by atoms with Crippen molar-refractivity contribution >= 4 is 27.7 Å². The third-order valence-corrected chi connectivity index (χ3v) is 7.85. The molecule has 3 amide bonds. The van der Waals surface area contributed by atoms with Crippen LogP contribution >= 0.6 is 0 Å². The summed E-state index contributed by atoms with van der Waals surface area (Å²) in [5, 5.41) is 2.72. The second-order valence-corrected chi connectivity index (χ2v) is 10.2. The van der Waals surface area contributed by atoms with Gasteiger partial charge in [-0.1, -0.05) is 38.5 Å². The lowest BCUT2D eigenvalue weighted by Crippen LogP contribution is -2.54. The number of carbonyl (C=O) groups is 3. The summed E-state index contributed by atoms with van der Waals surface area (Å²) in [7, 11) is -3.57. The van der Waals surface area contributed by atoms with E-state index in [1.165, 1.54) is 28.6 Å². The lowest BCUT2D eigenvalue weighted by molar-refractivity contribution is -0.124. The molecule has 2 aromatic carbocycles. The van der Waals surface area contributed by atoms with Crippen molar-refractivity contribution in [1.82, 2.24) is 20.5 Å². The van der Waals surface area contributed by atoms with Crippen molar-refractivity contribution < 1.29 is 22.8 Å². The van der Waals surface area contributed by atoms with E-state index >= 15 is 0 Å². The third kappa shape index (κ3) is 6.00. The van der Waals surface area contributed by atoms with Gasteiger partial charge in [0.15, 0.2) is 0 Å². The molecule has 0 unspecified atom stereocenters. The van der Waals surface area contributed by atoms with Gasteiger partial charge in [0.2, 0.25) is 10.0 Å². The maximum atomic E-state index is 12.8. The Labute approximate surface area is 199 Å². The molecule has 0 spiro atoms. The summed E-state index contributed by atoms with van der Waals surface area (Å²) >= 11 is 0. The monoisotopic (exact) mass is 486 g/mol. The van der Waals surface area contributed by atoms with Gasteiger partial charge in [0.05, 0.1) is 4.90 Å². The number of sulfonamides is 1. The molecule has 0 saturated carbocycles. The zero-order valence-corrected chi connectivity index (χ0v) is 20.1. The molecule has 1 aliphatic rings. The molecule has 0 aromatic heterocycles. The Morgan fingerprint density at radius 2 is 1.47 bits per heavy atom. The van der Waals surface area contributed by atoms with Crippen molar-refractivity contribution in [2.75, 3.05) is 13.1 Å². The Hall–Kier alpha value is -3.24. The number of hydrogen-bond donors (Lipinski definition) is 3. The molecule has 1 heterocycles. The van der Waals surface area contributed by atoms with Crippen LogP contribution in [0.25, 0.3) is 0 Å². The van der Waals surface area contributed by atoms with E-state index in [0.29, 0.717) is 25.1 Å². The van der Waals surface area contributed by atoms with Crippen LogP contribution in [0, 0.1) is 5.92 Å². The highest BCUT2D eigenvalue weighted by Gasteiger charge is 2.28. The predicted molar refractivity (Wildman–Crippen MR) is 127 cm³/mol. The normalized spacial score (nSPS) is 15.8. The second-order valence-electron chi connectivity index (χ2n) is 8.28. The fraction of sp³-hybridized carbons (Fsp3) is 0.375. The SMILES string of the molecule is CC[C@H](C)[C@H](NC(=O)c1ccccc1)C(=O)NNC(=O)c1ccc(S(=O)(=O)N2CCCC2)cc1. The first-order valence-electron chi connectivity index (χ1n) is 11.3. The zero-order valence-electron chi connectivity index (χ0n) is 19.3. The van der Waals surface area contributed by atoms with Crippen LogP contribution in [0.3, 0.4) is 0 Å². The van der Waals surface area contributed by atoms with Gasteiger partial charge in [-0.25, -0.2) is 8.42 Å². The first-order valence-corrected chi connectivity index (χ1v) is 12.7. The Kier molecular flexibility index (Phi) is 8.41. The van der Waals surface area contributed by atoms with Crippen molar-refractivity contribution in [1.29, 1.82) is 0 Å². The molecular weight excluding hydrogens is 456 g/mol. The van der Waals surface area contributed by atoms with E-state index in [1.54, 1.807) is 30.3 Å². The first-order chi connectivity index (χ1) is 16.2. The Morgan fingerprint density at radius 1 is 0.882 bits per heavy atom. The Morgan fingerprint density at radius 3 is 2.06 bits per heavy atom. The molecule has 34 heavy (non-hydrogen) atoms. The molecule has 1 saturated heterocycles. The minimum atomic E-state index is -3.57. The van der Waals surface area contributed by atoms with Crippen molar-refractivity contribution in [3.63, 3.8) is 0 Å². The Balaban J connectivity index is 1.61. The average Bonchev–Trinajstić information content (AvgIpc) is 3.41. The van der Waals surface area contributed by atoms with Crippen LogP contribution in [0.5, 0.6) is 0 Å². The highest BCUT2D eigenvalue weighted by atomic mass is 32.2. The number of amides is 3. The van der Waals surface area contributed by atoms with E-state index < -0.39 is 27.9 Å². The highest BCUT2D eigenvalue weighted by molar-refractivity contribution is 7.89. The molecule has 1 aliphatic heterocycles. The first kappa shape index (κ1) is 25.4. The van der Waals surface area contributed by atoms with Crippen LogP contribution < -0.4 is 16.2 Å². The fourth-order valence-corrected chi connectivity index (χ4v) is 5.16. The zero-order chi connectivity index (χ0) is 24.7. The van der Waals surface area contributed by atoms with Crippen LogP contribution in [0.15, 0.2) is 59.5 Å². The highest BCUT2D eigenvalue weighted by Crippen LogP contribution is 2.21. The van der Waals surface area contributed by atoms with Gasteiger partial charge in [0, 0.05) is 24.2 Å². The number of rotatable bonds is 8. The number of benzene rings is 2. The van der Waals surface area contributed by atoms with Crippen LogP contribution in [0.2, 0.25) is 0 Å². The number of nitrogens with one attached hydrogen (secondary N) is 3. The summed E-state index contributed by atoms with van der Waals surface area (Å²) in [5.41, 5.74) is 5.31. The average molecular weight is 487 g/mol. The molecular formula is C24H30N4O5S. The lowest BCUT2D eigenvalue weighted by atomic mass is 9.98. The van der Waals surface area contributed by atoms with Crippen molar-refractivity contribution in [2.45, 2.75) is 44.0 Å². The molecule has 3 rings (SSSR count). The molecule has 3 N–H and O–H groups in total. The summed E-state index contributed by atoms with van der Waals surface area (Å²) in [5.74, 6) is -1.72. The van der Waals surface area contributed by atoms with Crippen LogP contribution in [0.4, 0.5) is 0 Å². The van der Waals surface area contributed by atoms with E-state index in [4.69, 9.17) is 0 Å². The van der Waals surface area contributed by atoms with E-state index in [9.17, 15) is 22.8 Å². The van der Waals surface area contributed by atoms with Crippen molar-refractivity contribution in [3.05, 3.63) is 65.7 Å². The van der Waals surface area contributed by atoms with Gasteiger partial charge in [0.25, 0.3) is 17.7 Å².